The number of hydrogen-bond acceptors (Lipinski definition) is 4. The number of ether oxygens (including phenoxy) is 2. The Labute approximate surface area is 164 Å². The number of nitrogens with one attached hydrogen (secondary N) is 2. The molecule has 1 unspecified atom stereocenters. The van der Waals surface area contributed by atoms with Gasteiger partial charge in [-0.15, -0.1) is 0 Å². The van der Waals surface area contributed by atoms with Gasteiger partial charge in [-0.05, 0) is 44.0 Å². The van der Waals surface area contributed by atoms with E-state index in [1.54, 1.807) is 43.3 Å². The van der Waals surface area contributed by atoms with E-state index >= 15 is 0 Å². The van der Waals surface area contributed by atoms with Crippen molar-refractivity contribution < 1.29 is 19.1 Å². The summed E-state index contributed by atoms with van der Waals surface area (Å²) in [7, 11) is 0. The fraction of sp³-hybridized carbons (Fsp3) is 0.364. The van der Waals surface area contributed by atoms with Crippen molar-refractivity contribution in [3.05, 3.63) is 54.1 Å². The largest absolute Gasteiger partial charge is 0.448 e. The van der Waals surface area contributed by atoms with E-state index in [1.165, 1.54) is 6.42 Å². The van der Waals surface area contributed by atoms with Gasteiger partial charge < -0.3 is 20.1 Å². The number of amides is 2. The molecule has 1 aliphatic heterocycles. The molecule has 1 heterocycles. The third kappa shape index (κ3) is 3.81. The Kier molecular flexibility index (Phi) is 4.94. The van der Waals surface area contributed by atoms with Gasteiger partial charge in [-0.1, -0.05) is 24.6 Å². The lowest BCUT2D eigenvalue weighted by molar-refractivity contribution is -0.117. The zero-order chi connectivity index (χ0) is 19.6. The number of carbonyl (C=O) groups excluding carboxylic acids is 2. The first-order chi connectivity index (χ1) is 13.5. The third-order valence-corrected chi connectivity index (χ3v) is 5.20. The first kappa shape index (κ1) is 18.3. The maximum atomic E-state index is 12.5. The molecular weight excluding hydrogens is 356 g/mol. The predicted octanol–water partition coefficient (Wildman–Crippen LogP) is 3.88. The Hall–Kier alpha value is -3.02. The maximum absolute atomic E-state index is 12.5. The second kappa shape index (κ2) is 7.54. The molecule has 1 aliphatic carbocycles. The summed E-state index contributed by atoms with van der Waals surface area (Å²) < 4.78 is 12.1. The van der Waals surface area contributed by atoms with Crippen molar-refractivity contribution in [1.82, 2.24) is 5.32 Å². The van der Waals surface area contributed by atoms with Gasteiger partial charge in [0.1, 0.15) is 6.04 Å². The van der Waals surface area contributed by atoms with E-state index in [9.17, 15) is 9.59 Å². The SMILES string of the molecule is CC(NC(=O)c1ccccc1)C(=O)Nc1ccc2c(c1)OC1(CCCCC1)O2. The molecule has 0 saturated heterocycles. The number of hydrogen-bond donors (Lipinski definition) is 2. The molecule has 0 radical (unpaired) electrons. The lowest BCUT2D eigenvalue weighted by atomic mass is 9.94. The number of carbonyl (C=O) groups is 2. The molecule has 28 heavy (non-hydrogen) atoms. The Morgan fingerprint density at radius 2 is 1.68 bits per heavy atom. The molecule has 1 spiro atoms. The molecule has 0 bridgehead atoms. The zero-order valence-electron chi connectivity index (χ0n) is 15.9. The molecule has 1 fully saturated rings. The highest BCUT2D eigenvalue weighted by Crippen LogP contribution is 2.46. The Morgan fingerprint density at radius 3 is 2.43 bits per heavy atom. The Balaban J connectivity index is 1.38. The van der Waals surface area contributed by atoms with E-state index < -0.39 is 11.8 Å². The van der Waals surface area contributed by atoms with E-state index in [2.05, 4.69) is 10.6 Å². The summed E-state index contributed by atoms with van der Waals surface area (Å²) in [6, 6.07) is 13.5. The summed E-state index contributed by atoms with van der Waals surface area (Å²) in [4.78, 5) is 24.7. The minimum atomic E-state index is -0.678. The highest BCUT2D eigenvalue weighted by molar-refractivity contribution is 6.01. The van der Waals surface area contributed by atoms with Crippen molar-refractivity contribution in [1.29, 1.82) is 0 Å². The summed E-state index contributed by atoms with van der Waals surface area (Å²) in [5.41, 5.74) is 1.13. The van der Waals surface area contributed by atoms with Crippen LogP contribution in [0.4, 0.5) is 5.69 Å². The van der Waals surface area contributed by atoms with Gasteiger partial charge in [0, 0.05) is 30.2 Å². The molecule has 1 atom stereocenters. The van der Waals surface area contributed by atoms with Gasteiger partial charge in [0.2, 0.25) is 5.91 Å². The Morgan fingerprint density at radius 1 is 0.964 bits per heavy atom. The molecule has 2 aromatic rings. The summed E-state index contributed by atoms with van der Waals surface area (Å²) in [6.07, 6.45) is 5.16. The minimum Gasteiger partial charge on any atom is -0.448 e. The van der Waals surface area contributed by atoms with E-state index in [0.29, 0.717) is 22.7 Å². The van der Waals surface area contributed by atoms with Gasteiger partial charge in [-0.3, -0.25) is 9.59 Å². The quantitative estimate of drug-likeness (QED) is 0.844. The van der Waals surface area contributed by atoms with Gasteiger partial charge in [0.05, 0.1) is 0 Å². The van der Waals surface area contributed by atoms with Gasteiger partial charge in [-0.2, -0.15) is 0 Å². The molecule has 6 nitrogen and oxygen atoms in total. The van der Waals surface area contributed by atoms with Crippen molar-refractivity contribution >= 4 is 17.5 Å². The van der Waals surface area contributed by atoms with Crippen LogP contribution < -0.4 is 20.1 Å². The van der Waals surface area contributed by atoms with Crippen LogP contribution in [0.2, 0.25) is 0 Å². The van der Waals surface area contributed by atoms with Crippen molar-refractivity contribution in [3.63, 3.8) is 0 Å². The van der Waals surface area contributed by atoms with Crippen molar-refractivity contribution in [3.8, 4) is 11.5 Å². The molecule has 6 heteroatoms. The highest BCUT2D eigenvalue weighted by atomic mass is 16.7. The van der Waals surface area contributed by atoms with Gasteiger partial charge in [0.15, 0.2) is 11.5 Å². The van der Waals surface area contributed by atoms with E-state index in [0.717, 1.165) is 25.7 Å². The van der Waals surface area contributed by atoms with Crippen molar-refractivity contribution in [2.45, 2.75) is 50.9 Å². The van der Waals surface area contributed by atoms with E-state index in [1.807, 2.05) is 12.1 Å². The molecule has 1 saturated carbocycles. The highest BCUT2D eigenvalue weighted by Gasteiger charge is 2.42. The second-order valence-corrected chi connectivity index (χ2v) is 7.39. The zero-order valence-corrected chi connectivity index (χ0v) is 15.9. The first-order valence-electron chi connectivity index (χ1n) is 9.74. The second-order valence-electron chi connectivity index (χ2n) is 7.39. The van der Waals surface area contributed by atoms with Crippen LogP contribution in [0.3, 0.4) is 0 Å². The number of benzene rings is 2. The third-order valence-electron chi connectivity index (χ3n) is 5.20. The monoisotopic (exact) mass is 380 g/mol. The molecule has 2 amide bonds. The molecule has 2 aliphatic rings. The molecule has 0 aromatic heterocycles. The van der Waals surface area contributed by atoms with Crippen LogP contribution in [0, 0.1) is 0 Å². The Bertz CT molecular complexity index is 875. The standard InChI is InChI=1S/C22H24N2O4/c1-15(23-21(26)16-8-4-2-5-9-16)20(25)24-17-10-11-18-19(14-17)28-22(27-18)12-6-3-7-13-22/h2,4-5,8-11,14-15H,3,6-7,12-13H2,1H3,(H,23,26)(H,24,25). The lowest BCUT2D eigenvalue weighted by Crippen LogP contribution is -2.41. The van der Waals surface area contributed by atoms with Crippen LogP contribution in [0.5, 0.6) is 11.5 Å². The average molecular weight is 380 g/mol. The van der Waals surface area contributed by atoms with Gasteiger partial charge in [-0.25, -0.2) is 0 Å². The summed E-state index contributed by atoms with van der Waals surface area (Å²) in [6.45, 7) is 1.65. The predicted molar refractivity (Wildman–Crippen MR) is 106 cm³/mol. The molecule has 2 N–H and O–H groups in total. The molecule has 2 aromatic carbocycles. The lowest BCUT2D eigenvalue weighted by Gasteiger charge is -2.31. The van der Waals surface area contributed by atoms with Crippen molar-refractivity contribution in [2.24, 2.45) is 0 Å². The van der Waals surface area contributed by atoms with Crippen LogP contribution in [0.25, 0.3) is 0 Å². The van der Waals surface area contributed by atoms with Crippen LogP contribution in [0.1, 0.15) is 49.4 Å². The molecule has 146 valence electrons. The fourth-order valence-corrected chi connectivity index (χ4v) is 3.65. The maximum Gasteiger partial charge on any atom is 0.251 e. The van der Waals surface area contributed by atoms with Gasteiger partial charge >= 0.3 is 0 Å². The molecule has 4 rings (SSSR count). The summed E-state index contributed by atoms with van der Waals surface area (Å²) in [5.74, 6) is 0.245. The smallest absolute Gasteiger partial charge is 0.251 e. The number of rotatable bonds is 4. The van der Waals surface area contributed by atoms with E-state index in [-0.39, 0.29) is 11.8 Å². The van der Waals surface area contributed by atoms with Crippen molar-refractivity contribution in [2.75, 3.05) is 5.32 Å². The fourth-order valence-electron chi connectivity index (χ4n) is 3.65. The number of anilines is 1. The minimum absolute atomic E-state index is 0.284. The van der Waals surface area contributed by atoms with E-state index in [4.69, 9.17) is 9.47 Å². The summed E-state index contributed by atoms with van der Waals surface area (Å²) in [5, 5.41) is 5.54. The van der Waals surface area contributed by atoms with Gasteiger partial charge in [0.25, 0.3) is 11.7 Å². The summed E-state index contributed by atoms with van der Waals surface area (Å²) >= 11 is 0. The normalized spacial score (nSPS) is 17.8. The first-order valence-corrected chi connectivity index (χ1v) is 9.74. The molecular formula is C22H24N2O4. The topological polar surface area (TPSA) is 76.7 Å². The van der Waals surface area contributed by atoms with Crippen LogP contribution >= 0.6 is 0 Å². The van der Waals surface area contributed by atoms with Crippen LogP contribution in [-0.2, 0) is 4.79 Å². The van der Waals surface area contributed by atoms with Crippen LogP contribution in [0.15, 0.2) is 48.5 Å². The number of fused-ring (bicyclic) bond motifs is 1. The van der Waals surface area contributed by atoms with Crippen LogP contribution in [-0.4, -0.2) is 23.6 Å². The average Bonchev–Trinajstić information content (AvgIpc) is 3.05.